The van der Waals surface area contributed by atoms with Crippen LogP contribution in [0.25, 0.3) is 11.0 Å². The van der Waals surface area contributed by atoms with Gasteiger partial charge < -0.3 is 15.6 Å². The summed E-state index contributed by atoms with van der Waals surface area (Å²) in [7, 11) is 0. The summed E-state index contributed by atoms with van der Waals surface area (Å²) < 4.78 is 8.49. The van der Waals surface area contributed by atoms with E-state index in [1.165, 1.54) is 0 Å². The Morgan fingerprint density at radius 2 is 2.26 bits per heavy atom. The standard InChI is InChI=1S/C19H21N5O3/c1-14(11-27-13-25)4-5-17-15(6-7-20)18(26)16-3-2-8-22-19(16)24(17)23-10-9-21-12-23/h2-3,8-10,12,14,25H,6-7,11,13,20H2,1H3/t14-/m0/s1. The summed E-state index contributed by atoms with van der Waals surface area (Å²) >= 11 is 0. The van der Waals surface area contributed by atoms with Gasteiger partial charge >= 0.3 is 0 Å². The molecule has 0 aliphatic carbocycles. The first kappa shape index (κ1) is 18.8. The van der Waals surface area contributed by atoms with Crippen LogP contribution in [-0.2, 0) is 11.2 Å². The van der Waals surface area contributed by atoms with E-state index in [1.807, 2.05) is 6.92 Å². The summed E-state index contributed by atoms with van der Waals surface area (Å²) in [6, 6.07) is 3.47. The lowest BCUT2D eigenvalue weighted by molar-refractivity contribution is -0.00864. The van der Waals surface area contributed by atoms with Gasteiger partial charge in [0.15, 0.2) is 11.1 Å². The second-order valence-corrected chi connectivity index (χ2v) is 5.99. The smallest absolute Gasteiger partial charge is 0.195 e. The molecule has 0 unspecified atom stereocenters. The zero-order chi connectivity index (χ0) is 19.2. The largest absolute Gasteiger partial charge is 0.371 e. The Balaban J connectivity index is 2.29. The first-order chi connectivity index (χ1) is 13.2. The number of aliphatic hydroxyl groups excluding tert-OH is 1. The number of aliphatic hydroxyl groups is 1. The minimum Gasteiger partial charge on any atom is -0.371 e. The van der Waals surface area contributed by atoms with E-state index < -0.39 is 0 Å². The molecule has 3 rings (SSSR count). The molecule has 8 nitrogen and oxygen atoms in total. The first-order valence-electron chi connectivity index (χ1n) is 8.58. The molecule has 140 valence electrons. The molecule has 0 saturated heterocycles. The zero-order valence-corrected chi connectivity index (χ0v) is 15.0. The van der Waals surface area contributed by atoms with Crippen LogP contribution in [-0.4, -0.2) is 44.4 Å². The molecule has 1 atom stereocenters. The van der Waals surface area contributed by atoms with E-state index in [9.17, 15) is 4.79 Å². The number of imidazole rings is 1. The molecule has 0 bridgehead atoms. The Morgan fingerprint density at radius 1 is 1.41 bits per heavy atom. The van der Waals surface area contributed by atoms with Gasteiger partial charge in [0, 0.05) is 30.1 Å². The van der Waals surface area contributed by atoms with E-state index >= 15 is 0 Å². The number of hydrogen-bond acceptors (Lipinski definition) is 6. The average molecular weight is 367 g/mol. The molecule has 0 spiro atoms. The lowest BCUT2D eigenvalue weighted by Gasteiger charge is -2.17. The number of fused-ring (bicyclic) bond motifs is 1. The van der Waals surface area contributed by atoms with Crippen LogP contribution in [0, 0.1) is 17.8 Å². The van der Waals surface area contributed by atoms with Gasteiger partial charge in [0.2, 0.25) is 0 Å². The number of ether oxygens (including phenoxy) is 1. The Kier molecular flexibility index (Phi) is 5.98. The average Bonchev–Trinajstić information content (AvgIpc) is 3.21. The van der Waals surface area contributed by atoms with Gasteiger partial charge in [-0.1, -0.05) is 5.92 Å². The molecule has 3 aromatic heterocycles. The van der Waals surface area contributed by atoms with Gasteiger partial charge in [-0.15, -0.1) is 0 Å². The number of aromatic nitrogens is 4. The van der Waals surface area contributed by atoms with Gasteiger partial charge in [-0.3, -0.25) is 4.79 Å². The Bertz CT molecular complexity index is 1030. The molecule has 0 radical (unpaired) electrons. The third-order valence-electron chi connectivity index (χ3n) is 4.02. The summed E-state index contributed by atoms with van der Waals surface area (Å²) in [5.74, 6) is 6.05. The maximum absolute atomic E-state index is 13.0. The van der Waals surface area contributed by atoms with Crippen LogP contribution in [0.2, 0.25) is 0 Å². The predicted octanol–water partition coefficient (Wildman–Crippen LogP) is 0.360. The van der Waals surface area contributed by atoms with Crippen LogP contribution in [0.1, 0.15) is 18.2 Å². The molecule has 0 saturated carbocycles. The Hall–Kier alpha value is -2.99. The van der Waals surface area contributed by atoms with E-state index in [0.29, 0.717) is 35.3 Å². The molecule has 0 fully saturated rings. The molecule has 3 N–H and O–H groups in total. The van der Waals surface area contributed by atoms with Crippen molar-refractivity contribution in [3.8, 4) is 11.8 Å². The first-order valence-corrected chi connectivity index (χ1v) is 8.58. The molecular formula is C19H21N5O3. The SMILES string of the molecule is C[C@@H](C#Cc1c(CCN)c(=O)c2cccnc2n1-n1ccnc1)COCO. The lowest BCUT2D eigenvalue weighted by atomic mass is 10.1. The van der Waals surface area contributed by atoms with E-state index in [4.69, 9.17) is 15.6 Å². The highest BCUT2D eigenvalue weighted by Gasteiger charge is 2.17. The zero-order valence-electron chi connectivity index (χ0n) is 15.0. The van der Waals surface area contributed by atoms with Crippen LogP contribution in [0.15, 0.2) is 41.8 Å². The quantitative estimate of drug-likeness (QED) is 0.481. The van der Waals surface area contributed by atoms with Gasteiger partial charge in [0.05, 0.1) is 12.0 Å². The second-order valence-electron chi connectivity index (χ2n) is 5.99. The molecule has 3 heterocycles. The van der Waals surface area contributed by atoms with Crippen LogP contribution >= 0.6 is 0 Å². The van der Waals surface area contributed by atoms with Gasteiger partial charge in [-0.25, -0.2) is 19.3 Å². The number of nitrogens with zero attached hydrogens (tertiary/aromatic N) is 4. The van der Waals surface area contributed by atoms with E-state index in [-0.39, 0.29) is 24.7 Å². The fourth-order valence-corrected chi connectivity index (χ4v) is 2.81. The van der Waals surface area contributed by atoms with Crippen LogP contribution in [0.5, 0.6) is 0 Å². The molecule has 27 heavy (non-hydrogen) atoms. The van der Waals surface area contributed by atoms with E-state index in [2.05, 4.69) is 21.8 Å². The van der Waals surface area contributed by atoms with Crippen LogP contribution < -0.4 is 11.2 Å². The van der Waals surface area contributed by atoms with Gasteiger partial charge in [-0.2, -0.15) is 0 Å². The van der Waals surface area contributed by atoms with Crippen molar-refractivity contribution in [3.05, 3.63) is 58.5 Å². The Labute approximate surface area is 156 Å². The topological polar surface area (TPSA) is 108 Å². The maximum atomic E-state index is 13.0. The molecule has 0 aromatic carbocycles. The monoisotopic (exact) mass is 367 g/mol. The van der Waals surface area contributed by atoms with Crippen molar-refractivity contribution in [2.24, 2.45) is 11.7 Å². The number of rotatable bonds is 6. The number of nitrogens with two attached hydrogens (primary N) is 1. The highest BCUT2D eigenvalue weighted by molar-refractivity contribution is 5.77. The summed E-state index contributed by atoms with van der Waals surface area (Å²) in [6.07, 6.45) is 7.05. The minimum absolute atomic E-state index is 0.122. The third kappa shape index (κ3) is 3.90. The summed E-state index contributed by atoms with van der Waals surface area (Å²) in [6.45, 7) is 2.13. The highest BCUT2D eigenvalue weighted by Crippen LogP contribution is 2.15. The van der Waals surface area contributed by atoms with Crippen molar-refractivity contribution in [1.29, 1.82) is 0 Å². The van der Waals surface area contributed by atoms with Crippen LogP contribution in [0.4, 0.5) is 0 Å². The maximum Gasteiger partial charge on any atom is 0.195 e. The van der Waals surface area contributed by atoms with Crippen molar-refractivity contribution in [2.45, 2.75) is 13.3 Å². The third-order valence-corrected chi connectivity index (χ3v) is 4.02. The van der Waals surface area contributed by atoms with Crippen molar-refractivity contribution in [2.75, 3.05) is 19.9 Å². The fraction of sp³-hybridized carbons (Fsp3) is 0.316. The number of pyridine rings is 2. The normalized spacial score (nSPS) is 12.0. The molecule has 3 aromatic rings. The molecule has 8 heteroatoms. The van der Waals surface area contributed by atoms with Crippen molar-refractivity contribution in [3.63, 3.8) is 0 Å². The van der Waals surface area contributed by atoms with Crippen molar-refractivity contribution >= 4 is 11.0 Å². The van der Waals surface area contributed by atoms with Crippen LogP contribution in [0.3, 0.4) is 0 Å². The second kappa shape index (κ2) is 8.60. The highest BCUT2D eigenvalue weighted by atomic mass is 16.6. The van der Waals surface area contributed by atoms with Gasteiger partial charge in [0.1, 0.15) is 18.8 Å². The van der Waals surface area contributed by atoms with Crippen molar-refractivity contribution < 1.29 is 9.84 Å². The van der Waals surface area contributed by atoms with E-state index in [0.717, 1.165) is 0 Å². The van der Waals surface area contributed by atoms with E-state index in [1.54, 1.807) is 46.4 Å². The van der Waals surface area contributed by atoms with Gasteiger partial charge in [-0.05, 0) is 37.9 Å². The lowest BCUT2D eigenvalue weighted by Crippen LogP contribution is -2.25. The molecule has 0 aliphatic heterocycles. The minimum atomic E-state index is -0.357. The summed E-state index contributed by atoms with van der Waals surface area (Å²) in [5.41, 5.74) is 7.18. The summed E-state index contributed by atoms with van der Waals surface area (Å²) in [5, 5.41) is 9.29. The predicted molar refractivity (Wildman–Crippen MR) is 101 cm³/mol. The molecule has 0 amide bonds. The molecular weight excluding hydrogens is 346 g/mol. The molecule has 0 aliphatic rings. The number of hydrogen-bond donors (Lipinski definition) is 2. The van der Waals surface area contributed by atoms with Gasteiger partial charge in [0.25, 0.3) is 0 Å². The Morgan fingerprint density at radius 3 is 2.96 bits per heavy atom. The fourth-order valence-electron chi connectivity index (χ4n) is 2.81. The summed E-state index contributed by atoms with van der Waals surface area (Å²) in [4.78, 5) is 21.5. The van der Waals surface area contributed by atoms with Crippen molar-refractivity contribution in [1.82, 2.24) is 19.3 Å².